The molecule has 0 heterocycles. The molecule has 1 unspecified atom stereocenters. The second-order valence-corrected chi connectivity index (χ2v) is 4.41. The molecule has 0 saturated heterocycles. The minimum Gasteiger partial charge on any atom is -0.550 e. The van der Waals surface area contributed by atoms with Crippen LogP contribution in [0.15, 0.2) is 0 Å². The summed E-state index contributed by atoms with van der Waals surface area (Å²) in [7, 11) is 0. The predicted octanol–water partition coefficient (Wildman–Crippen LogP) is 0.683. The van der Waals surface area contributed by atoms with Gasteiger partial charge in [0.2, 0.25) is 0 Å². The molecule has 3 heteroatoms. The molecule has 0 aromatic carbocycles. The number of carbonyl (C=O) groups excluding carboxylic acids is 1. The fraction of sp³-hybridized carbons (Fsp3) is 0.900. The zero-order chi connectivity index (χ0) is 10.5. The molecule has 1 atom stereocenters. The lowest BCUT2D eigenvalue weighted by Gasteiger charge is -2.28. The van der Waals surface area contributed by atoms with Crippen molar-refractivity contribution >= 4 is 5.97 Å². The van der Waals surface area contributed by atoms with E-state index in [0.29, 0.717) is 6.42 Å². The maximum atomic E-state index is 10.2. The SMILES string of the molecule is CCC(CCC(=O)[O-])NC(C)(C)C. The van der Waals surface area contributed by atoms with E-state index in [0.717, 1.165) is 6.42 Å². The van der Waals surface area contributed by atoms with E-state index in [9.17, 15) is 9.90 Å². The van der Waals surface area contributed by atoms with Crippen LogP contribution in [0.25, 0.3) is 0 Å². The normalized spacial score (nSPS) is 14.2. The van der Waals surface area contributed by atoms with Crippen molar-refractivity contribution in [3.05, 3.63) is 0 Å². The van der Waals surface area contributed by atoms with Gasteiger partial charge in [0.05, 0.1) is 0 Å². The topological polar surface area (TPSA) is 52.2 Å². The van der Waals surface area contributed by atoms with Crippen LogP contribution in [0.2, 0.25) is 0 Å². The van der Waals surface area contributed by atoms with E-state index in [1.807, 2.05) is 0 Å². The van der Waals surface area contributed by atoms with E-state index in [1.54, 1.807) is 0 Å². The molecule has 0 spiro atoms. The quantitative estimate of drug-likeness (QED) is 0.687. The standard InChI is InChI=1S/C10H21NO2/c1-5-8(6-7-9(12)13)11-10(2,3)4/h8,11H,5-7H2,1-4H3,(H,12,13)/p-1. The Hall–Kier alpha value is -0.570. The monoisotopic (exact) mass is 186 g/mol. The lowest BCUT2D eigenvalue weighted by atomic mass is 10.0. The first-order valence-corrected chi connectivity index (χ1v) is 4.82. The van der Waals surface area contributed by atoms with Crippen molar-refractivity contribution in [3.8, 4) is 0 Å². The molecule has 0 aromatic rings. The molecular formula is C10H20NO2-. The van der Waals surface area contributed by atoms with Gasteiger partial charge in [-0.2, -0.15) is 0 Å². The van der Waals surface area contributed by atoms with Gasteiger partial charge < -0.3 is 15.2 Å². The van der Waals surface area contributed by atoms with E-state index in [2.05, 4.69) is 33.0 Å². The molecule has 0 aliphatic rings. The fourth-order valence-corrected chi connectivity index (χ4v) is 1.28. The van der Waals surface area contributed by atoms with Crippen molar-refractivity contribution in [1.82, 2.24) is 5.32 Å². The Balaban J connectivity index is 3.83. The van der Waals surface area contributed by atoms with Crippen LogP contribution in [-0.4, -0.2) is 17.6 Å². The third-order valence-corrected chi connectivity index (χ3v) is 1.83. The fourth-order valence-electron chi connectivity index (χ4n) is 1.28. The molecule has 3 nitrogen and oxygen atoms in total. The number of hydrogen-bond donors (Lipinski definition) is 1. The van der Waals surface area contributed by atoms with Crippen LogP contribution in [0.1, 0.15) is 47.0 Å². The molecule has 0 fully saturated rings. The molecule has 1 N–H and O–H groups in total. The van der Waals surface area contributed by atoms with Crippen molar-refractivity contribution in [1.29, 1.82) is 0 Å². The summed E-state index contributed by atoms with van der Waals surface area (Å²) in [5.74, 6) is -0.964. The van der Waals surface area contributed by atoms with Crippen LogP contribution in [0.4, 0.5) is 0 Å². The molecule has 0 aliphatic heterocycles. The highest BCUT2D eigenvalue weighted by Crippen LogP contribution is 2.08. The summed E-state index contributed by atoms with van der Waals surface area (Å²) in [4.78, 5) is 10.2. The maximum Gasteiger partial charge on any atom is 0.0414 e. The van der Waals surface area contributed by atoms with Crippen LogP contribution in [-0.2, 0) is 4.79 Å². The highest BCUT2D eigenvalue weighted by molar-refractivity contribution is 5.64. The minimum absolute atomic E-state index is 0.0482. The summed E-state index contributed by atoms with van der Waals surface area (Å²) >= 11 is 0. The van der Waals surface area contributed by atoms with Gasteiger partial charge >= 0.3 is 0 Å². The van der Waals surface area contributed by atoms with Gasteiger partial charge in [-0.3, -0.25) is 0 Å². The molecule has 78 valence electrons. The number of nitrogens with one attached hydrogen (secondary N) is 1. The highest BCUT2D eigenvalue weighted by Gasteiger charge is 2.15. The van der Waals surface area contributed by atoms with Gasteiger partial charge in [0.25, 0.3) is 0 Å². The second kappa shape index (κ2) is 5.22. The number of carbonyl (C=O) groups is 1. The Labute approximate surface area is 80.5 Å². The van der Waals surface area contributed by atoms with Gasteiger partial charge in [-0.25, -0.2) is 0 Å². The van der Waals surface area contributed by atoms with Gasteiger partial charge in [0.15, 0.2) is 0 Å². The Bertz CT molecular complexity index is 161. The summed E-state index contributed by atoms with van der Waals surface area (Å²) in [5.41, 5.74) is 0.0482. The number of hydrogen-bond acceptors (Lipinski definition) is 3. The van der Waals surface area contributed by atoms with Gasteiger partial charge in [0.1, 0.15) is 0 Å². The number of carboxylic acids is 1. The number of rotatable bonds is 5. The van der Waals surface area contributed by atoms with Gasteiger partial charge in [0, 0.05) is 17.6 Å². The zero-order valence-corrected chi connectivity index (χ0v) is 9.02. The zero-order valence-electron chi connectivity index (χ0n) is 9.02. The molecule has 0 saturated carbocycles. The van der Waals surface area contributed by atoms with Crippen LogP contribution in [0.3, 0.4) is 0 Å². The average Bonchev–Trinajstić information content (AvgIpc) is 1.95. The summed E-state index contributed by atoms with van der Waals surface area (Å²) in [6.45, 7) is 8.29. The molecule has 0 aromatic heterocycles. The lowest BCUT2D eigenvalue weighted by molar-refractivity contribution is -0.305. The molecule has 0 rings (SSSR count). The van der Waals surface area contributed by atoms with Gasteiger partial charge in [-0.1, -0.05) is 6.92 Å². The summed E-state index contributed by atoms with van der Waals surface area (Å²) < 4.78 is 0. The predicted molar refractivity (Wildman–Crippen MR) is 51.2 cm³/mol. The smallest absolute Gasteiger partial charge is 0.0414 e. The molecule has 0 amide bonds. The van der Waals surface area contributed by atoms with Gasteiger partial charge in [-0.05, 0) is 40.0 Å². The van der Waals surface area contributed by atoms with E-state index in [-0.39, 0.29) is 18.0 Å². The Kier molecular flexibility index (Phi) is 4.99. The molecule has 0 aliphatic carbocycles. The van der Waals surface area contributed by atoms with E-state index < -0.39 is 5.97 Å². The minimum atomic E-state index is -0.964. The third kappa shape index (κ3) is 7.78. The second-order valence-electron chi connectivity index (χ2n) is 4.41. The van der Waals surface area contributed by atoms with Crippen LogP contribution in [0.5, 0.6) is 0 Å². The van der Waals surface area contributed by atoms with Crippen molar-refractivity contribution in [2.45, 2.75) is 58.5 Å². The number of aliphatic carboxylic acids is 1. The largest absolute Gasteiger partial charge is 0.550 e. The van der Waals surface area contributed by atoms with E-state index in [4.69, 9.17) is 0 Å². The van der Waals surface area contributed by atoms with E-state index in [1.165, 1.54) is 0 Å². The summed E-state index contributed by atoms with van der Waals surface area (Å²) in [6.07, 6.45) is 1.74. The van der Waals surface area contributed by atoms with Crippen molar-refractivity contribution < 1.29 is 9.90 Å². The third-order valence-electron chi connectivity index (χ3n) is 1.83. The molecule has 0 bridgehead atoms. The first-order chi connectivity index (χ1) is 5.85. The van der Waals surface area contributed by atoms with Crippen LogP contribution >= 0.6 is 0 Å². The Morgan fingerprint density at radius 2 is 2.00 bits per heavy atom. The molecule has 0 radical (unpaired) electrons. The van der Waals surface area contributed by atoms with Crippen molar-refractivity contribution in [3.63, 3.8) is 0 Å². The first-order valence-electron chi connectivity index (χ1n) is 4.82. The highest BCUT2D eigenvalue weighted by atomic mass is 16.4. The molecule has 13 heavy (non-hydrogen) atoms. The van der Waals surface area contributed by atoms with Crippen LogP contribution < -0.4 is 10.4 Å². The van der Waals surface area contributed by atoms with Crippen LogP contribution in [0, 0.1) is 0 Å². The Morgan fingerprint density at radius 3 is 2.31 bits per heavy atom. The maximum absolute atomic E-state index is 10.2. The molecular weight excluding hydrogens is 166 g/mol. The Morgan fingerprint density at radius 1 is 1.46 bits per heavy atom. The average molecular weight is 186 g/mol. The number of carboxylic acid groups (broad SMARTS) is 1. The first kappa shape index (κ1) is 12.4. The van der Waals surface area contributed by atoms with E-state index >= 15 is 0 Å². The van der Waals surface area contributed by atoms with Crippen molar-refractivity contribution in [2.75, 3.05) is 0 Å². The van der Waals surface area contributed by atoms with Gasteiger partial charge in [-0.15, -0.1) is 0 Å². The lowest BCUT2D eigenvalue weighted by Crippen LogP contribution is -2.43. The van der Waals surface area contributed by atoms with Crippen molar-refractivity contribution in [2.24, 2.45) is 0 Å². The summed E-state index contributed by atoms with van der Waals surface area (Å²) in [6, 6.07) is 0.276. The summed E-state index contributed by atoms with van der Waals surface area (Å²) in [5, 5.41) is 13.6.